The minimum absolute atomic E-state index is 0.0310. The first-order chi connectivity index (χ1) is 8.76. The summed E-state index contributed by atoms with van der Waals surface area (Å²) in [5, 5.41) is 13.3. The molecule has 0 aliphatic heterocycles. The normalized spacial score (nSPS) is 9.67. The van der Waals surface area contributed by atoms with Crippen molar-refractivity contribution in [1.29, 1.82) is 0 Å². The molecule has 2 N–H and O–H groups in total. The lowest BCUT2D eigenvalue weighted by Gasteiger charge is -2.02. The molecule has 5 heteroatoms. The van der Waals surface area contributed by atoms with E-state index in [1.54, 1.807) is 18.4 Å². The van der Waals surface area contributed by atoms with Crippen molar-refractivity contribution in [2.45, 2.75) is 19.4 Å². The third-order valence-electron chi connectivity index (χ3n) is 2.18. The van der Waals surface area contributed by atoms with Crippen molar-refractivity contribution in [2.24, 2.45) is 0 Å². The Labute approximate surface area is 111 Å². The van der Waals surface area contributed by atoms with Gasteiger partial charge in [0.15, 0.2) is 0 Å². The van der Waals surface area contributed by atoms with Crippen LogP contribution in [-0.4, -0.2) is 31.3 Å². The minimum atomic E-state index is -0.137. The summed E-state index contributed by atoms with van der Waals surface area (Å²) < 4.78 is 4.88. The summed E-state index contributed by atoms with van der Waals surface area (Å²) in [6, 6.07) is 1.92. The van der Waals surface area contributed by atoms with Crippen LogP contribution in [0.15, 0.2) is 11.4 Å². The quantitative estimate of drug-likeness (QED) is 0.600. The average molecular weight is 267 g/mol. The summed E-state index contributed by atoms with van der Waals surface area (Å²) in [6.45, 7) is 0.992. The fourth-order valence-electron chi connectivity index (χ4n) is 1.33. The molecule has 1 amide bonds. The van der Waals surface area contributed by atoms with E-state index in [1.807, 2.05) is 11.4 Å². The molecular weight excluding hydrogens is 250 g/mol. The van der Waals surface area contributed by atoms with Gasteiger partial charge in [-0.1, -0.05) is 11.8 Å². The fourth-order valence-corrected chi connectivity index (χ4v) is 2.09. The molecule has 0 aliphatic carbocycles. The van der Waals surface area contributed by atoms with E-state index < -0.39 is 0 Å². The molecule has 0 unspecified atom stereocenters. The lowest BCUT2D eigenvalue weighted by atomic mass is 10.3. The minimum Gasteiger partial charge on any atom is -0.385 e. The van der Waals surface area contributed by atoms with Crippen LogP contribution in [0.3, 0.4) is 0 Å². The molecule has 1 heterocycles. The van der Waals surface area contributed by atoms with E-state index >= 15 is 0 Å². The maximum Gasteiger partial charge on any atom is 0.220 e. The van der Waals surface area contributed by atoms with Crippen molar-refractivity contribution in [3.63, 3.8) is 0 Å². The van der Waals surface area contributed by atoms with Crippen molar-refractivity contribution in [3.8, 4) is 11.8 Å². The topological polar surface area (TPSA) is 58.6 Å². The molecule has 0 spiro atoms. The van der Waals surface area contributed by atoms with Crippen LogP contribution >= 0.6 is 11.3 Å². The first-order valence-corrected chi connectivity index (χ1v) is 6.57. The number of aliphatic hydroxyl groups is 1. The number of thiophene rings is 1. The predicted octanol–water partition coefficient (Wildman–Crippen LogP) is 1.13. The number of methoxy groups -OCH3 is 1. The third kappa shape index (κ3) is 5.82. The zero-order chi connectivity index (χ0) is 13.2. The summed E-state index contributed by atoms with van der Waals surface area (Å²) in [7, 11) is 1.62. The van der Waals surface area contributed by atoms with E-state index in [4.69, 9.17) is 9.84 Å². The van der Waals surface area contributed by atoms with E-state index in [9.17, 15) is 4.79 Å². The largest absolute Gasteiger partial charge is 0.385 e. The number of hydrogen-bond acceptors (Lipinski definition) is 4. The lowest BCUT2D eigenvalue weighted by molar-refractivity contribution is -0.121. The van der Waals surface area contributed by atoms with Gasteiger partial charge in [0.05, 0.1) is 6.54 Å². The van der Waals surface area contributed by atoms with E-state index in [0.717, 1.165) is 16.9 Å². The Hall–Kier alpha value is -1.35. The number of carbonyl (C=O) groups excluding carboxylic acids is 1. The highest BCUT2D eigenvalue weighted by atomic mass is 32.1. The Balaban J connectivity index is 2.30. The van der Waals surface area contributed by atoms with Gasteiger partial charge in [-0.25, -0.2) is 0 Å². The molecule has 1 rings (SSSR count). The van der Waals surface area contributed by atoms with Gasteiger partial charge < -0.3 is 15.2 Å². The van der Waals surface area contributed by atoms with E-state index in [1.165, 1.54) is 0 Å². The van der Waals surface area contributed by atoms with Crippen molar-refractivity contribution in [3.05, 3.63) is 21.9 Å². The van der Waals surface area contributed by atoms with Gasteiger partial charge in [-0.2, -0.15) is 0 Å². The third-order valence-corrected chi connectivity index (χ3v) is 3.11. The Morgan fingerprint density at radius 2 is 2.44 bits per heavy atom. The van der Waals surface area contributed by atoms with Crippen LogP contribution in [0, 0.1) is 11.8 Å². The van der Waals surface area contributed by atoms with Crippen molar-refractivity contribution >= 4 is 17.2 Å². The van der Waals surface area contributed by atoms with Crippen LogP contribution in [0.5, 0.6) is 0 Å². The van der Waals surface area contributed by atoms with Crippen LogP contribution in [0.2, 0.25) is 0 Å². The molecule has 4 nitrogen and oxygen atoms in total. The lowest BCUT2D eigenvalue weighted by Crippen LogP contribution is -2.22. The molecule has 0 aromatic carbocycles. The summed E-state index contributed by atoms with van der Waals surface area (Å²) in [6.07, 6.45) is 1.22. The van der Waals surface area contributed by atoms with E-state index in [-0.39, 0.29) is 12.5 Å². The summed E-state index contributed by atoms with van der Waals surface area (Å²) in [4.78, 5) is 12.5. The molecule has 18 heavy (non-hydrogen) atoms. The molecule has 0 fully saturated rings. The zero-order valence-electron chi connectivity index (χ0n) is 10.4. The number of ether oxygens (including phenoxy) is 1. The maximum atomic E-state index is 11.4. The molecule has 1 aromatic heterocycles. The number of aliphatic hydroxyl groups excluding tert-OH is 1. The molecule has 0 bridgehead atoms. The fraction of sp³-hybridized carbons (Fsp3) is 0.462. The molecule has 0 aliphatic rings. The monoisotopic (exact) mass is 267 g/mol. The summed E-state index contributed by atoms with van der Waals surface area (Å²) >= 11 is 1.55. The highest BCUT2D eigenvalue weighted by Gasteiger charge is 2.02. The van der Waals surface area contributed by atoms with Crippen LogP contribution in [-0.2, 0) is 16.1 Å². The smallest absolute Gasteiger partial charge is 0.220 e. The molecule has 0 atom stereocenters. The van der Waals surface area contributed by atoms with Crippen molar-refractivity contribution < 1.29 is 14.6 Å². The van der Waals surface area contributed by atoms with Crippen LogP contribution in [0.1, 0.15) is 23.3 Å². The number of carbonyl (C=O) groups is 1. The molecular formula is C13H17NO3S. The van der Waals surface area contributed by atoms with Crippen molar-refractivity contribution in [2.75, 3.05) is 20.3 Å². The van der Waals surface area contributed by atoms with Gasteiger partial charge in [-0.15, -0.1) is 11.3 Å². The average Bonchev–Trinajstić information content (AvgIpc) is 2.82. The first-order valence-electron chi connectivity index (χ1n) is 5.69. The number of rotatable bonds is 6. The second-order valence-corrected chi connectivity index (χ2v) is 4.63. The predicted molar refractivity (Wildman–Crippen MR) is 71.2 cm³/mol. The summed E-state index contributed by atoms with van der Waals surface area (Å²) in [5.41, 5.74) is 0.873. The second-order valence-electron chi connectivity index (χ2n) is 3.63. The zero-order valence-corrected chi connectivity index (χ0v) is 11.2. The second kappa shape index (κ2) is 8.70. The molecule has 1 aromatic rings. The summed E-state index contributed by atoms with van der Waals surface area (Å²) in [5.74, 6) is 5.44. The molecule has 98 valence electrons. The van der Waals surface area contributed by atoms with Gasteiger partial charge in [0.2, 0.25) is 5.91 Å². The van der Waals surface area contributed by atoms with Crippen LogP contribution < -0.4 is 5.32 Å². The first kappa shape index (κ1) is 14.7. The Morgan fingerprint density at radius 3 is 3.17 bits per heavy atom. The SMILES string of the molecule is COCCCC(=O)NCc1cc(C#CCO)cs1. The van der Waals surface area contributed by atoms with Gasteiger partial charge in [0, 0.05) is 36.0 Å². The Morgan fingerprint density at radius 1 is 1.61 bits per heavy atom. The molecule has 0 radical (unpaired) electrons. The highest BCUT2D eigenvalue weighted by molar-refractivity contribution is 7.10. The van der Waals surface area contributed by atoms with E-state index in [0.29, 0.717) is 19.6 Å². The van der Waals surface area contributed by atoms with Gasteiger partial charge >= 0.3 is 0 Å². The van der Waals surface area contributed by atoms with Gasteiger partial charge in [0.1, 0.15) is 6.61 Å². The van der Waals surface area contributed by atoms with Crippen LogP contribution in [0.25, 0.3) is 0 Å². The van der Waals surface area contributed by atoms with Crippen LogP contribution in [0.4, 0.5) is 0 Å². The number of hydrogen-bond donors (Lipinski definition) is 2. The van der Waals surface area contributed by atoms with Gasteiger partial charge in [0.25, 0.3) is 0 Å². The maximum absolute atomic E-state index is 11.4. The Bertz CT molecular complexity index is 431. The molecule has 0 saturated carbocycles. The van der Waals surface area contributed by atoms with Gasteiger partial charge in [-0.3, -0.25) is 4.79 Å². The molecule has 0 saturated heterocycles. The number of amides is 1. The Kier molecular flexibility index (Phi) is 7.11. The number of nitrogens with one attached hydrogen (secondary N) is 1. The van der Waals surface area contributed by atoms with Crippen molar-refractivity contribution in [1.82, 2.24) is 5.32 Å². The van der Waals surface area contributed by atoms with E-state index in [2.05, 4.69) is 17.2 Å². The standard InChI is InChI=1S/C13H17NO3S/c1-17-7-3-5-13(16)14-9-12-8-11(10-18-12)4-2-6-15/h8,10,15H,3,5-7,9H2,1H3,(H,14,16). The highest BCUT2D eigenvalue weighted by Crippen LogP contribution is 2.13. The van der Waals surface area contributed by atoms with Gasteiger partial charge in [-0.05, 0) is 12.5 Å².